The summed E-state index contributed by atoms with van der Waals surface area (Å²) in [4.78, 5) is 27.6. The topological polar surface area (TPSA) is 81.8 Å². The van der Waals surface area contributed by atoms with Gasteiger partial charge in [-0.15, -0.1) is 0 Å². The molecule has 0 radical (unpaired) electrons. The van der Waals surface area contributed by atoms with Gasteiger partial charge in [0, 0.05) is 43.5 Å². The molecule has 3 rings (SSSR count). The van der Waals surface area contributed by atoms with Crippen molar-refractivity contribution in [2.75, 3.05) is 0 Å². The number of rotatable bonds is 4. The highest BCUT2D eigenvalue weighted by atomic mass is 16.2. The lowest BCUT2D eigenvalue weighted by molar-refractivity contribution is -0.122. The zero-order valence-electron chi connectivity index (χ0n) is 12.5. The second-order valence-electron chi connectivity index (χ2n) is 5.54. The number of hydrogen-bond donors (Lipinski definition) is 1. The van der Waals surface area contributed by atoms with Crippen LogP contribution < -0.4 is 10.9 Å². The van der Waals surface area contributed by atoms with Crippen molar-refractivity contribution in [1.82, 2.24) is 24.6 Å². The molecule has 22 heavy (non-hydrogen) atoms. The summed E-state index contributed by atoms with van der Waals surface area (Å²) in [6, 6.07) is 1.41. The molecule has 1 unspecified atom stereocenters. The van der Waals surface area contributed by atoms with Gasteiger partial charge in [-0.05, 0) is 19.3 Å². The molecule has 2 aromatic heterocycles. The van der Waals surface area contributed by atoms with Gasteiger partial charge in [-0.1, -0.05) is 0 Å². The van der Waals surface area contributed by atoms with Gasteiger partial charge < -0.3 is 5.32 Å². The quantitative estimate of drug-likeness (QED) is 0.894. The summed E-state index contributed by atoms with van der Waals surface area (Å²) < 4.78 is 3.32. The van der Waals surface area contributed by atoms with Crippen LogP contribution in [0, 0.1) is 0 Å². The molecule has 2 aromatic rings. The van der Waals surface area contributed by atoms with Crippen LogP contribution in [-0.4, -0.2) is 25.2 Å². The molecule has 0 bridgehead atoms. The Morgan fingerprint density at radius 2 is 2.36 bits per heavy atom. The summed E-state index contributed by atoms with van der Waals surface area (Å²) in [5, 5.41) is 7.32. The third-order valence-electron chi connectivity index (χ3n) is 4.08. The Bertz CT molecular complexity index is 734. The molecule has 0 saturated carbocycles. The fourth-order valence-electron chi connectivity index (χ4n) is 2.89. The SMILES string of the molecule is Cn1ncc2c1CCCC2NC(=O)CCn1cnccc1=O. The second-order valence-corrected chi connectivity index (χ2v) is 5.54. The molecule has 0 fully saturated rings. The van der Waals surface area contributed by atoms with Gasteiger partial charge in [0.15, 0.2) is 0 Å². The summed E-state index contributed by atoms with van der Waals surface area (Å²) in [7, 11) is 1.93. The molecule has 1 aliphatic carbocycles. The molecule has 1 atom stereocenters. The molecule has 1 aliphatic rings. The van der Waals surface area contributed by atoms with Crippen LogP contribution in [0.15, 0.2) is 29.6 Å². The third-order valence-corrected chi connectivity index (χ3v) is 4.08. The smallest absolute Gasteiger partial charge is 0.253 e. The maximum Gasteiger partial charge on any atom is 0.253 e. The maximum atomic E-state index is 12.1. The van der Waals surface area contributed by atoms with Crippen LogP contribution in [0.3, 0.4) is 0 Å². The molecule has 0 spiro atoms. The highest BCUT2D eigenvalue weighted by Crippen LogP contribution is 2.29. The maximum absolute atomic E-state index is 12.1. The van der Waals surface area contributed by atoms with Crippen LogP contribution >= 0.6 is 0 Å². The predicted octanol–water partition coefficient (Wildman–Crippen LogP) is 0.561. The van der Waals surface area contributed by atoms with Gasteiger partial charge in [0.2, 0.25) is 5.91 Å². The summed E-state index contributed by atoms with van der Waals surface area (Å²) in [6.45, 7) is 0.338. The van der Waals surface area contributed by atoms with Gasteiger partial charge in [0.25, 0.3) is 5.56 Å². The van der Waals surface area contributed by atoms with Crippen molar-refractivity contribution in [3.8, 4) is 0 Å². The predicted molar refractivity (Wildman–Crippen MR) is 80.1 cm³/mol. The van der Waals surface area contributed by atoms with E-state index in [0.29, 0.717) is 6.54 Å². The second kappa shape index (κ2) is 6.13. The number of nitrogens with one attached hydrogen (secondary N) is 1. The Labute approximate surface area is 128 Å². The number of nitrogens with zero attached hydrogens (tertiary/aromatic N) is 4. The highest BCUT2D eigenvalue weighted by Gasteiger charge is 2.24. The number of amides is 1. The normalized spacial score (nSPS) is 17.0. The highest BCUT2D eigenvalue weighted by molar-refractivity contribution is 5.76. The molecule has 1 N–H and O–H groups in total. The lowest BCUT2D eigenvalue weighted by atomic mass is 9.93. The van der Waals surface area contributed by atoms with Gasteiger partial charge >= 0.3 is 0 Å². The van der Waals surface area contributed by atoms with Crippen LogP contribution in [0.1, 0.15) is 36.6 Å². The minimum atomic E-state index is -0.144. The third kappa shape index (κ3) is 2.93. The average Bonchev–Trinajstić information content (AvgIpc) is 2.89. The van der Waals surface area contributed by atoms with E-state index >= 15 is 0 Å². The van der Waals surface area contributed by atoms with E-state index < -0.39 is 0 Å². The fourth-order valence-corrected chi connectivity index (χ4v) is 2.89. The molecule has 0 aliphatic heterocycles. The van der Waals surface area contributed by atoms with Crippen molar-refractivity contribution in [3.63, 3.8) is 0 Å². The molecule has 1 amide bonds. The van der Waals surface area contributed by atoms with Gasteiger partial charge in [-0.25, -0.2) is 4.98 Å². The van der Waals surface area contributed by atoms with Crippen molar-refractivity contribution in [2.45, 2.75) is 38.3 Å². The Balaban J connectivity index is 1.61. The monoisotopic (exact) mass is 301 g/mol. The van der Waals surface area contributed by atoms with Crippen molar-refractivity contribution < 1.29 is 4.79 Å². The lowest BCUT2D eigenvalue weighted by Crippen LogP contribution is -2.32. The molecule has 7 nitrogen and oxygen atoms in total. The minimum Gasteiger partial charge on any atom is -0.349 e. The summed E-state index contributed by atoms with van der Waals surface area (Å²) >= 11 is 0. The van der Waals surface area contributed by atoms with Crippen LogP contribution in [0.5, 0.6) is 0 Å². The first-order valence-electron chi connectivity index (χ1n) is 7.46. The number of aromatic nitrogens is 4. The van der Waals surface area contributed by atoms with Gasteiger partial charge in [-0.2, -0.15) is 5.10 Å². The Morgan fingerprint density at radius 3 is 3.18 bits per heavy atom. The van der Waals surface area contributed by atoms with Crippen LogP contribution in [0.4, 0.5) is 0 Å². The first kappa shape index (κ1) is 14.5. The number of aryl methyl sites for hydroxylation is 2. The van der Waals surface area contributed by atoms with E-state index in [1.807, 2.05) is 17.9 Å². The van der Waals surface area contributed by atoms with Crippen LogP contribution in [-0.2, 0) is 24.8 Å². The molecule has 116 valence electrons. The molecular formula is C15H19N5O2. The lowest BCUT2D eigenvalue weighted by Gasteiger charge is -2.23. The zero-order chi connectivity index (χ0) is 15.5. The molecule has 0 saturated heterocycles. The summed E-state index contributed by atoms with van der Waals surface area (Å²) in [6.07, 6.45) is 7.98. The van der Waals surface area contributed by atoms with Gasteiger partial charge in [-0.3, -0.25) is 18.8 Å². The van der Waals surface area contributed by atoms with E-state index in [2.05, 4.69) is 15.4 Å². The fraction of sp³-hybridized carbons (Fsp3) is 0.467. The largest absolute Gasteiger partial charge is 0.349 e. The molecular weight excluding hydrogens is 282 g/mol. The van der Waals surface area contributed by atoms with E-state index in [1.54, 1.807) is 0 Å². The van der Waals surface area contributed by atoms with E-state index in [1.165, 1.54) is 28.9 Å². The number of carbonyl (C=O) groups is 1. The Kier molecular flexibility index (Phi) is 4.04. The molecule has 0 aromatic carbocycles. The average molecular weight is 301 g/mol. The van der Waals surface area contributed by atoms with Crippen LogP contribution in [0.25, 0.3) is 0 Å². The van der Waals surface area contributed by atoms with Gasteiger partial charge in [0.1, 0.15) is 0 Å². The molecule has 7 heteroatoms. The molecule has 2 heterocycles. The van der Waals surface area contributed by atoms with Crippen LogP contribution in [0.2, 0.25) is 0 Å². The standard InChI is InChI=1S/C15H19N5O2/c1-19-13-4-2-3-12(11(13)9-17-19)18-14(21)6-8-20-10-16-7-5-15(20)22/h5,7,9-10,12H,2-4,6,8H2,1H3,(H,18,21). The van der Waals surface area contributed by atoms with Crippen molar-refractivity contribution >= 4 is 5.91 Å². The van der Waals surface area contributed by atoms with E-state index in [4.69, 9.17) is 0 Å². The van der Waals surface area contributed by atoms with Gasteiger partial charge in [0.05, 0.1) is 18.6 Å². The summed E-state index contributed by atoms with van der Waals surface area (Å²) in [5.74, 6) is -0.0579. The zero-order valence-corrected chi connectivity index (χ0v) is 12.5. The first-order chi connectivity index (χ1) is 10.6. The van der Waals surface area contributed by atoms with E-state index in [9.17, 15) is 9.59 Å². The Hall–Kier alpha value is -2.44. The Morgan fingerprint density at radius 1 is 1.50 bits per heavy atom. The summed E-state index contributed by atoms with van der Waals surface area (Å²) in [5.41, 5.74) is 2.16. The van der Waals surface area contributed by atoms with E-state index in [-0.39, 0.29) is 23.9 Å². The number of carbonyl (C=O) groups excluding carboxylic acids is 1. The van der Waals surface area contributed by atoms with Crippen molar-refractivity contribution in [2.24, 2.45) is 7.05 Å². The number of hydrogen-bond acceptors (Lipinski definition) is 4. The number of fused-ring (bicyclic) bond motifs is 1. The van der Waals surface area contributed by atoms with Crippen molar-refractivity contribution in [1.29, 1.82) is 0 Å². The first-order valence-corrected chi connectivity index (χ1v) is 7.46. The van der Waals surface area contributed by atoms with Crippen molar-refractivity contribution in [3.05, 3.63) is 46.4 Å². The van der Waals surface area contributed by atoms with E-state index in [0.717, 1.165) is 24.8 Å². The minimum absolute atomic E-state index is 0.0237.